The summed E-state index contributed by atoms with van der Waals surface area (Å²) in [5.41, 5.74) is 0. The topological polar surface area (TPSA) is 68.3 Å². The van der Waals surface area contributed by atoms with E-state index in [4.69, 9.17) is 19.5 Å². The summed E-state index contributed by atoms with van der Waals surface area (Å²) in [6.45, 7) is 0. The van der Waals surface area contributed by atoms with Crippen LogP contribution in [0.1, 0.15) is 0 Å². The van der Waals surface area contributed by atoms with Crippen LogP contribution in [0.25, 0.3) is 0 Å². The summed E-state index contributed by atoms with van der Waals surface area (Å²) in [6.07, 6.45) is 0.250. The first-order valence-corrected chi connectivity index (χ1v) is 0.575. The van der Waals surface area contributed by atoms with Crippen molar-refractivity contribution in [1.82, 2.24) is 0 Å². The minimum Gasteiger partial charge on any atom is -0.186 e. The third kappa shape index (κ3) is 2.75. The third-order valence-electron chi connectivity index (χ3n) is 0. The van der Waals surface area contributed by atoms with E-state index in [-0.39, 0.29) is 6.15 Å². The molecule has 0 saturated carbocycles. The van der Waals surface area contributed by atoms with Gasteiger partial charge in [-0.3, -0.25) is 0 Å². The molecule has 0 fully saturated rings. The molecule has 28 valence electrons. The van der Waals surface area contributed by atoms with Crippen molar-refractivity contribution < 1.29 is 9.59 Å². The average molecular weight is 76.0 g/mol. The first-order valence-electron chi connectivity index (χ1n) is 0.575. The maximum absolute atomic E-state index is 8.12. The Bertz CT molecular complexity index is 32.9. The second-order valence-corrected chi connectivity index (χ2v) is 0.0833. The lowest BCUT2D eigenvalue weighted by Crippen LogP contribution is -1.22. The molecule has 4 nitrogen and oxygen atoms in total. The molecule has 0 aliphatic carbocycles. The van der Waals surface area contributed by atoms with E-state index in [1.807, 2.05) is 0 Å². The lowest BCUT2D eigenvalue weighted by Gasteiger charge is -0.945. The van der Waals surface area contributed by atoms with Gasteiger partial charge in [-0.05, 0) is 0 Å². The van der Waals surface area contributed by atoms with Crippen molar-refractivity contribution in [1.29, 1.82) is 0 Å². The monoisotopic (exact) mass is 76.0 g/mol. The van der Waals surface area contributed by atoms with Crippen molar-refractivity contribution in [2.75, 3.05) is 0 Å². The highest BCUT2D eigenvalue weighted by molar-refractivity contribution is 5.20. The molecule has 0 saturated heterocycles. The molecule has 0 aliphatic rings. The van der Waals surface area contributed by atoms with E-state index in [0.29, 0.717) is 0 Å². The molecular weight excluding hydrogens is 76.0 g/mol. The van der Waals surface area contributed by atoms with Gasteiger partial charge in [-0.25, -0.2) is 0 Å². The fraction of sp³-hybridized carbons (Fsp3) is 0. The number of hydrogen-bond donors (Lipinski definition) is 0. The second kappa shape index (κ2) is 29200. The SMILES string of the molecule is O=C=O.O=O. The first-order chi connectivity index (χ1) is 2.41. The Morgan fingerprint density at radius 1 is 1.00 bits per heavy atom. The van der Waals surface area contributed by atoms with E-state index in [9.17, 15) is 0 Å². The van der Waals surface area contributed by atoms with Crippen LogP contribution in [-0.2, 0) is 9.59 Å². The second-order valence-electron chi connectivity index (χ2n) is 0.0833. The van der Waals surface area contributed by atoms with Gasteiger partial charge in [0.2, 0.25) is 0 Å². The highest BCUT2D eigenvalue weighted by atomic mass is 16.7. The van der Waals surface area contributed by atoms with E-state index in [1.54, 1.807) is 0 Å². The molecule has 0 radical (unpaired) electrons. The smallest absolute Gasteiger partial charge is 0.186 e. The van der Waals surface area contributed by atoms with E-state index >= 15 is 0 Å². The molecule has 0 aromatic heterocycles. The van der Waals surface area contributed by atoms with Gasteiger partial charge < -0.3 is 0 Å². The molecule has 0 spiro atoms. The average Bonchev–Trinajstić information content (AvgIpc) is 1.46. The molecule has 0 amide bonds. The minimum absolute atomic E-state index is 0.250. The van der Waals surface area contributed by atoms with Crippen molar-refractivity contribution in [2.24, 2.45) is 0 Å². The zero-order chi connectivity index (χ0) is 4.71. The Labute approximate surface area is 27.0 Å². The standard InChI is InChI=1S/CO2.O2/c2-1-3;1-2. The number of hydrogen-bond acceptors (Lipinski definition) is 4. The van der Waals surface area contributed by atoms with Gasteiger partial charge in [-0.2, -0.15) is 9.59 Å². The van der Waals surface area contributed by atoms with Gasteiger partial charge in [0, 0.05) is 9.93 Å². The van der Waals surface area contributed by atoms with Crippen molar-refractivity contribution in [3.05, 3.63) is 9.93 Å². The quantitative estimate of drug-likeness (QED) is 0.389. The van der Waals surface area contributed by atoms with Crippen LogP contribution in [-0.4, -0.2) is 6.15 Å². The molecule has 0 N–H and O–H groups in total. The molecule has 0 heterocycles. The fourth-order valence-corrected chi connectivity index (χ4v) is 0. The first kappa shape index (κ1) is 9.02. The van der Waals surface area contributed by atoms with Crippen LogP contribution < -0.4 is 0 Å². The molecule has 0 atom stereocenters. The summed E-state index contributed by atoms with van der Waals surface area (Å²) in [6, 6.07) is 0. The van der Waals surface area contributed by atoms with E-state index in [1.165, 1.54) is 0 Å². The van der Waals surface area contributed by atoms with Crippen molar-refractivity contribution >= 4 is 6.15 Å². The van der Waals surface area contributed by atoms with Crippen LogP contribution in [0.5, 0.6) is 0 Å². The molecule has 0 aromatic carbocycles. The summed E-state index contributed by atoms with van der Waals surface area (Å²) in [4.78, 5) is 30.2. The minimum atomic E-state index is 0.250. The van der Waals surface area contributed by atoms with Crippen LogP contribution in [0.4, 0.5) is 0 Å². The van der Waals surface area contributed by atoms with Gasteiger partial charge in [-0.15, -0.1) is 0 Å². The Morgan fingerprint density at radius 3 is 1.00 bits per heavy atom. The van der Waals surface area contributed by atoms with Crippen LogP contribution in [0, 0.1) is 9.93 Å². The van der Waals surface area contributed by atoms with Crippen molar-refractivity contribution in [2.45, 2.75) is 0 Å². The van der Waals surface area contributed by atoms with E-state index < -0.39 is 0 Å². The third-order valence-corrected chi connectivity index (χ3v) is 0. The van der Waals surface area contributed by atoms with Gasteiger partial charge in [0.1, 0.15) is 0 Å². The molecule has 0 aliphatic heterocycles. The molecule has 5 heavy (non-hydrogen) atoms. The van der Waals surface area contributed by atoms with Crippen LogP contribution >= 0.6 is 0 Å². The summed E-state index contributed by atoms with van der Waals surface area (Å²) < 4.78 is 0. The Hall–Kier alpha value is -1.02. The molecule has 0 aromatic rings. The fourth-order valence-electron chi connectivity index (χ4n) is 0. The summed E-state index contributed by atoms with van der Waals surface area (Å²) >= 11 is 0. The normalized spacial score (nSPS) is 2.40. The Balaban J connectivity index is 0. The van der Waals surface area contributed by atoms with Crippen LogP contribution in [0.3, 0.4) is 0 Å². The zero-order valence-corrected chi connectivity index (χ0v) is 2.13. The van der Waals surface area contributed by atoms with Gasteiger partial charge >= 0.3 is 6.15 Å². The van der Waals surface area contributed by atoms with Crippen LogP contribution in [0.15, 0.2) is 0 Å². The highest BCUT2D eigenvalue weighted by Gasteiger charge is 1.13. The maximum Gasteiger partial charge on any atom is 0.373 e. The predicted molar refractivity (Wildman–Crippen MR) is 11.7 cm³/mol. The Morgan fingerprint density at radius 2 is 1.00 bits per heavy atom. The lowest BCUT2D eigenvalue weighted by molar-refractivity contribution is -0.191. The molecule has 0 bridgehead atoms. The lowest BCUT2D eigenvalue weighted by atomic mass is 11.8. The zero-order valence-electron chi connectivity index (χ0n) is 2.13. The number of rotatable bonds is 0. The summed E-state index contributed by atoms with van der Waals surface area (Å²) in [7, 11) is 0. The summed E-state index contributed by atoms with van der Waals surface area (Å²) in [5.74, 6) is 0. The van der Waals surface area contributed by atoms with Crippen molar-refractivity contribution in [3.8, 4) is 0 Å². The maximum atomic E-state index is 8.12. The van der Waals surface area contributed by atoms with Gasteiger partial charge in [-0.1, -0.05) is 0 Å². The van der Waals surface area contributed by atoms with Gasteiger partial charge in [0.25, 0.3) is 0 Å². The molecular formula is CO4. The van der Waals surface area contributed by atoms with Crippen LogP contribution in [0.2, 0.25) is 0 Å². The Kier molecular flexibility index (Phi) is 52700. The summed E-state index contributed by atoms with van der Waals surface area (Å²) in [5, 5.41) is 0. The van der Waals surface area contributed by atoms with Crippen molar-refractivity contribution in [3.63, 3.8) is 0 Å². The largest absolute Gasteiger partial charge is 0.373 e. The van der Waals surface area contributed by atoms with Gasteiger partial charge in [0.15, 0.2) is 0 Å². The molecule has 4 heteroatoms. The van der Waals surface area contributed by atoms with E-state index in [0.717, 1.165) is 0 Å². The molecule has 0 unspecified atom stereocenters. The highest BCUT2D eigenvalue weighted by Crippen LogP contribution is 0.787. The van der Waals surface area contributed by atoms with Gasteiger partial charge in [0.05, 0.1) is 0 Å². The predicted octanol–water partition coefficient (Wildman–Crippen LogP) is -0.517. The van der Waals surface area contributed by atoms with E-state index in [2.05, 4.69) is 0 Å². The molecule has 0 rings (SSSR count). The number of carbonyl (C=O) groups excluding carboxylic acids is 2.